The van der Waals surface area contributed by atoms with E-state index in [1.165, 1.54) is 0 Å². The van der Waals surface area contributed by atoms with Crippen LogP contribution in [0.3, 0.4) is 0 Å². The molecule has 0 radical (unpaired) electrons. The third-order valence-electron chi connectivity index (χ3n) is 6.04. The Kier molecular flexibility index (Phi) is 6.51. The molecule has 0 bridgehead atoms. The van der Waals surface area contributed by atoms with Crippen molar-refractivity contribution in [3.05, 3.63) is 92.5 Å². The molecule has 5 nitrogen and oxygen atoms in total. The van der Waals surface area contributed by atoms with Crippen LogP contribution in [0.15, 0.2) is 54.6 Å². The third-order valence-corrected chi connectivity index (χ3v) is 6.59. The van der Waals surface area contributed by atoms with Gasteiger partial charge < -0.3 is 14.9 Å². The van der Waals surface area contributed by atoms with Gasteiger partial charge in [0.2, 0.25) is 0 Å². The van der Waals surface area contributed by atoms with Crippen molar-refractivity contribution in [3.63, 3.8) is 0 Å². The van der Waals surface area contributed by atoms with E-state index in [1.54, 1.807) is 24.3 Å². The quantitative estimate of drug-likeness (QED) is 0.508. The first-order valence-electron chi connectivity index (χ1n) is 10.6. The molecule has 0 spiro atoms. The molecule has 1 amide bonds. The molecule has 3 aromatic carbocycles. The van der Waals surface area contributed by atoms with E-state index >= 15 is 0 Å². The molecule has 168 valence electrons. The van der Waals surface area contributed by atoms with E-state index in [0.717, 1.165) is 22.4 Å². The molecule has 1 atom stereocenters. The number of phenolic OH excluding ortho intramolecular Hbond substituents is 1. The summed E-state index contributed by atoms with van der Waals surface area (Å²) in [6.45, 7) is 5.21. The van der Waals surface area contributed by atoms with Crippen molar-refractivity contribution >= 4 is 34.8 Å². The van der Waals surface area contributed by atoms with Crippen molar-refractivity contribution in [2.24, 2.45) is 0 Å². The van der Waals surface area contributed by atoms with E-state index < -0.39 is 0 Å². The summed E-state index contributed by atoms with van der Waals surface area (Å²) >= 11 is 12.7. The zero-order chi connectivity index (χ0) is 23.7. The molecule has 0 aliphatic carbocycles. The Labute approximate surface area is 203 Å². The second-order valence-electron chi connectivity index (χ2n) is 8.24. The number of hydrogen-bond donors (Lipinski definition) is 1. The number of aromatic hydroxyl groups is 1. The number of benzene rings is 3. The lowest BCUT2D eigenvalue weighted by molar-refractivity contribution is 0.0720. The SMILES string of the molecule is Cc1cc(O)cc(C)c1C(=O)N1CCN(c2ccc(C#N)cc2Cl)C(c2ccc(Cl)cc2)C1. The summed E-state index contributed by atoms with van der Waals surface area (Å²) in [6, 6.07) is 18.1. The first-order chi connectivity index (χ1) is 15.8. The van der Waals surface area contributed by atoms with Crippen molar-refractivity contribution < 1.29 is 9.90 Å². The first-order valence-corrected chi connectivity index (χ1v) is 11.4. The van der Waals surface area contributed by atoms with Crippen LogP contribution in [-0.2, 0) is 0 Å². The van der Waals surface area contributed by atoms with Gasteiger partial charge in [0.1, 0.15) is 5.75 Å². The van der Waals surface area contributed by atoms with Crippen LogP contribution < -0.4 is 4.90 Å². The zero-order valence-corrected chi connectivity index (χ0v) is 19.9. The molecule has 4 rings (SSSR count). The largest absolute Gasteiger partial charge is 0.508 e. The van der Waals surface area contributed by atoms with E-state index in [9.17, 15) is 15.2 Å². The van der Waals surface area contributed by atoms with E-state index in [0.29, 0.717) is 40.8 Å². The van der Waals surface area contributed by atoms with Crippen LogP contribution in [0, 0.1) is 25.2 Å². The predicted octanol–water partition coefficient (Wildman–Crippen LogP) is 5.89. The minimum Gasteiger partial charge on any atom is -0.508 e. The normalized spacial score (nSPS) is 15.9. The molecule has 3 aromatic rings. The summed E-state index contributed by atoms with van der Waals surface area (Å²) < 4.78 is 0. The summed E-state index contributed by atoms with van der Waals surface area (Å²) in [7, 11) is 0. The Bertz CT molecular complexity index is 1230. The van der Waals surface area contributed by atoms with Crippen LogP contribution >= 0.6 is 23.2 Å². The van der Waals surface area contributed by atoms with Gasteiger partial charge in [0.15, 0.2) is 0 Å². The lowest BCUT2D eigenvalue weighted by Crippen LogP contribution is -2.51. The second kappa shape index (κ2) is 9.35. The highest BCUT2D eigenvalue weighted by Gasteiger charge is 2.33. The van der Waals surface area contributed by atoms with Gasteiger partial charge in [-0.05, 0) is 73.0 Å². The maximum atomic E-state index is 13.5. The number of carbonyl (C=O) groups excluding carboxylic acids is 1. The Balaban J connectivity index is 1.71. The topological polar surface area (TPSA) is 67.6 Å². The number of halogens is 2. The van der Waals surface area contributed by atoms with Crippen molar-refractivity contribution in [3.8, 4) is 11.8 Å². The summed E-state index contributed by atoms with van der Waals surface area (Å²) in [5.74, 6) is 0.0930. The van der Waals surface area contributed by atoms with Crippen molar-refractivity contribution in [2.75, 3.05) is 24.5 Å². The lowest BCUT2D eigenvalue weighted by atomic mass is 9.97. The highest BCUT2D eigenvalue weighted by Crippen LogP contribution is 2.36. The Hall–Kier alpha value is -3.20. The molecular weight excluding hydrogens is 457 g/mol. The number of piperazine rings is 1. The smallest absolute Gasteiger partial charge is 0.254 e. The number of anilines is 1. The van der Waals surface area contributed by atoms with Gasteiger partial charge in [0.05, 0.1) is 28.4 Å². The maximum Gasteiger partial charge on any atom is 0.254 e. The van der Waals surface area contributed by atoms with Crippen LogP contribution in [0.5, 0.6) is 5.75 Å². The summed E-state index contributed by atoms with van der Waals surface area (Å²) in [6.07, 6.45) is 0. The molecule has 1 fully saturated rings. The van der Waals surface area contributed by atoms with Gasteiger partial charge in [0, 0.05) is 30.2 Å². The van der Waals surface area contributed by atoms with Gasteiger partial charge in [-0.1, -0.05) is 35.3 Å². The monoisotopic (exact) mass is 479 g/mol. The fraction of sp³-hybridized carbons (Fsp3) is 0.231. The van der Waals surface area contributed by atoms with Gasteiger partial charge in [-0.3, -0.25) is 4.79 Å². The number of hydrogen-bond acceptors (Lipinski definition) is 4. The molecule has 1 N–H and O–H groups in total. The molecule has 0 aromatic heterocycles. The van der Waals surface area contributed by atoms with Crippen molar-refractivity contribution in [1.82, 2.24) is 4.90 Å². The predicted molar refractivity (Wildman–Crippen MR) is 131 cm³/mol. The molecule has 33 heavy (non-hydrogen) atoms. The van der Waals surface area contributed by atoms with Gasteiger partial charge in [-0.2, -0.15) is 5.26 Å². The van der Waals surface area contributed by atoms with Gasteiger partial charge in [-0.25, -0.2) is 0 Å². The molecular formula is C26H23Cl2N3O2. The minimum atomic E-state index is -0.150. The average Bonchev–Trinajstić information content (AvgIpc) is 2.78. The fourth-order valence-electron chi connectivity index (χ4n) is 4.47. The minimum absolute atomic E-state index is 0.0606. The number of nitriles is 1. The molecule has 1 aliphatic heterocycles. The highest BCUT2D eigenvalue weighted by atomic mass is 35.5. The highest BCUT2D eigenvalue weighted by molar-refractivity contribution is 6.33. The maximum absolute atomic E-state index is 13.5. The van der Waals surface area contributed by atoms with Crippen LogP contribution in [0.25, 0.3) is 0 Å². The zero-order valence-electron chi connectivity index (χ0n) is 18.3. The van der Waals surface area contributed by atoms with Crippen molar-refractivity contribution in [1.29, 1.82) is 5.26 Å². The van der Waals surface area contributed by atoms with Crippen molar-refractivity contribution in [2.45, 2.75) is 19.9 Å². The average molecular weight is 480 g/mol. The van der Waals surface area contributed by atoms with E-state index in [4.69, 9.17) is 23.2 Å². The summed E-state index contributed by atoms with van der Waals surface area (Å²) in [5, 5.41) is 20.2. The Morgan fingerprint density at radius 3 is 2.30 bits per heavy atom. The number of nitrogens with zero attached hydrogens (tertiary/aromatic N) is 3. The molecule has 1 saturated heterocycles. The van der Waals surface area contributed by atoms with E-state index in [1.807, 2.05) is 49.1 Å². The standard InChI is InChI=1S/C26H23Cl2N3O2/c1-16-11-21(32)12-17(2)25(16)26(33)30-9-10-31(23-8-3-18(14-29)13-22(23)28)24(15-30)19-4-6-20(27)7-5-19/h3-8,11-13,24,32H,9-10,15H2,1-2H3. The van der Waals surface area contributed by atoms with Crippen LogP contribution in [0.2, 0.25) is 10.0 Å². The molecule has 0 saturated carbocycles. The first kappa shape index (κ1) is 23.0. The van der Waals surface area contributed by atoms with E-state index in [2.05, 4.69) is 11.0 Å². The number of rotatable bonds is 3. The van der Waals surface area contributed by atoms with Gasteiger partial charge >= 0.3 is 0 Å². The van der Waals surface area contributed by atoms with Crippen LogP contribution in [0.4, 0.5) is 5.69 Å². The summed E-state index contributed by atoms with van der Waals surface area (Å²) in [4.78, 5) is 17.5. The molecule has 1 heterocycles. The molecule has 1 unspecified atom stereocenters. The van der Waals surface area contributed by atoms with Gasteiger partial charge in [-0.15, -0.1) is 0 Å². The summed E-state index contributed by atoms with van der Waals surface area (Å²) in [5.41, 5.74) is 4.44. The molecule has 7 heteroatoms. The van der Waals surface area contributed by atoms with E-state index in [-0.39, 0.29) is 17.7 Å². The third kappa shape index (κ3) is 4.64. The number of amides is 1. The Morgan fingerprint density at radius 1 is 1.03 bits per heavy atom. The number of phenols is 1. The Morgan fingerprint density at radius 2 is 1.70 bits per heavy atom. The van der Waals surface area contributed by atoms with Crippen LogP contribution in [-0.4, -0.2) is 35.5 Å². The van der Waals surface area contributed by atoms with Crippen LogP contribution in [0.1, 0.15) is 38.7 Å². The van der Waals surface area contributed by atoms with Gasteiger partial charge in [0.25, 0.3) is 5.91 Å². The molecule has 1 aliphatic rings. The number of carbonyl (C=O) groups is 1. The lowest BCUT2D eigenvalue weighted by Gasteiger charge is -2.43. The number of aryl methyl sites for hydroxylation is 2. The second-order valence-corrected chi connectivity index (χ2v) is 9.09. The fourth-order valence-corrected chi connectivity index (χ4v) is 4.89.